The largest absolute Gasteiger partial charge is 0.497 e. The van der Waals surface area contributed by atoms with E-state index >= 15 is 0 Å². The van der Waals surface area contributed by atoms with E-state index in [1.807, 2.05) is 66.7 Å². The molecule has 5 heteroatoms. The lowest BCUT2D eigenvalue weighted by molar-refractivity contribution is 0.414. The van der Waals surface area contributed by atoms with Crippen molar-refractivity contribution in [1.29, 1.82) is 0 Å². The van der Waals surface area contributed by atoms with E-state index in [0.717, 1.165) is 22.7 Å². The SMILES string of the molecule is COc1cccc(Cc2cccc(N(C(N)=S)c3ccccc3)n2)c1. The second-order valence-corrected chi connectivity index (χ2v) is 5.94. The molecule has 0 unspecified atom stereocenters. The molecule has 3 rings (SSSR count). The molecule has 0 amide bonds. The molecule has 0 aliphatic rings. The molecule has 2 N–H and O–H groups in total. The summed E-state index contributed by atoms with van der Waals surface area (Å²) in [6.07, 6.45) is 0.699. The number of pyridine rings is 1. The summed E-state index contributed by atoms with van der Waals surface area (Å²) in [6.45, 7) is 0. The first kappa shape index (κ1) is 16.9. The van der Waals surface area contributed by atoms with Gasteiger partial charge in [-0.05, 0) is 54.2 Å². The molecule has 0 saturated carbocycles. The number of para-hydroxylation sites is 1. The molecule has 3 aromatic rings. The van der Waals surface area contributed by atoms with Crippen molar-refractivity contribution in [3.63, 3.8) is 0 Å². The normalized spacial score (nSPS) is 10.3. The van der Waals surface area contributed by atoms with Gasteiger partial charge >= 0.3 is 0 Å². The summed E-state index contributed by atoms with van der Waals surface area (Å²) in [5.41, 5.74) is 8.90. The Labute approximate surface area is 152 Å². The molecule has 0 fully saturated rings. The maximum atomic E-state index is 5.94. The zero-order valence-corrected chi connectivity index (χ0v) is 14.7. The third-order valence-electron chi connectivity index (χ3n) is 3.78. The Morgan fingerprint density at radius 1 is 1.04 bits per heavy atom. The van der Waals surface area contributed by atoms with Gasteiger partial charge in [0.05, 0.1) is 7.11 Å². The molecule has 25 heavy (non-hydrogen) atoms. The van der Waals surface area contributed by atoms with E-state index in [1.54, 1.807) is 12.0 Å². The molecule has 0 bridgehead atoms. The van der Waals surface area contributed by atoms with Crippen LogP contribution in [0.1, 0.15) is 11.3 Å². The van der Waals surface area contributed by atoms with Crippen LogP contribution < -0.4 is 15.4 Å². The molecule has 0 aliphatic heterocycles. The van der Waals surface area contributed by atoms with Crippen molar-refractivity contribution in [2.75, 3.05) is 12.0 Å². The Balaban J connectivity index is 1.91. The van der Waals surface area contributed by atoms with Crippen molar-refractivity contribution in [2.45, 2.75) is 6.42 Å². The van der Waals surface area contributed by atoms with Crippen molar-refractivity contribution in [2.24, 2.45) is 5.73 Å². The number of hydrogen-bond acceptors (Lipinski definition) is 3. The zero-order chi connectivity index (χ0) is 17.6. The highest BCUT2D eigenvalue weighted by Gasteiger charge is 2.13. The molecule has 1 heterocycles. The number of aromatic nitrogens is 1. The Kier molecular flexibility index (Phi) is 5.26. The number of benzene rings is 2. The Hall–Kier alpha value is -2.92. The highest BCUT2D eigenvalue weighted by atomic mass is 32.1. The topological polar surface area (TPSA) is 51.4 Å². The highest BCUT2D eigenvalue weighted by Crippen LogP contribution is 2.24. The van der Waals surface area contributed by atoms with E-state index in [-0.39, 0.29) is 5.11 Å². The molecule has 126 valence electrons. The smallest absolute Gasteiger partial charge is 0.176 e. The lowest BCUT2D eigenvalue weighted by Crippen LogP contribution is -2.31. The van der Waals surface area contributed by atoms with Crippen LogP contribution >= 0.6 is 12.2 Å². The molecular formula is C20H19N3OS. The van der Waals surface area contributed by atoms with E-state index in [2.05, 4.69) is 6.07 Å². The molecule has 0 radical (unpaired) electrons. The van der Waals surface area contributed by atoms with Gasteiger partial charge in [-0.1, -0.05) is 36.4 Å². The average molecular weight is 349 g/mol. The molecule has 2 aromatic carbocycles. The van der Waals surface area contributed by atoms with Crippen molar-refractivity contribution >= 4 is 28.8 Å². The van der Waals surface area contributed by atoms with Gasteiger partial charge in [0, 0.05) is 17.8 Å². The quantitative estimate of drug-likeness (QED) is 0.704. The van der Waals surface area contributed by atoms with Crippen LogP contribution in [0.2, 0.25) is 0 Å². The van der Waals surface area contributed by atoms with E-state index in [4.69, 9.17) is 27.7 Å². The minimum atomic E-state index is 0.261. The number of methoxy groups -OCH3 is 1. The average Bonchev–Trinajstić information content (AvgIpc) is 2.63. The number of anilines is 2. The number of nitrogens with zero attached hydrogens (tertiary/aromatic N) is 2. The van der Waals surface area contributed by atoms with Crippen LogP contribution in [0.15, 0.2) is 72.8 Å². The number of nitrogens with two attached hydrogens (primary N) is 1. The molecular weight excluding hydrogens is 330 g/mol. The van der Waals surface area contributed by atoms with Crippen LogP contribution in [0.4, 0.5) is 11.5 Å². The molecule has 0 spiro atoms. The summed E-state index contributed by atoms with van der Waals surface area (Å²) in [7, 11) is 1.66. The maximum absolute atomic E-state index is 5.94. The third kappa shape index (κ3) is 4.14. The van der Waals surface area contributed by atoms with Crippen LogP contribution in [-0.4, -0.2) is 17.2 Å². The number of rotatable bonds is 5. The van der Waals surface area contributed by atoms with Gasteiger partial charge in [0.25, 0.3) is 0 Å². The van der Waals surface area contributed by atoms with Crippen LogP contribution in [0.25, 0.3) is 0 Å². The summed E-state index contributed by atoms with van der Waals surface area (Å²) in [6, 6.07) is 23.6. The predicted octanol–water partition coefficient (Wildman–Crippen LogP) is 4.06. The fraction of sp³-hybridized carbons (Fsp3) is 0.100. The van der Waals surface area contributed by atoms with Gasteiger partial charge in [0.2, 0.25) is 0 Å². The van der Waals surface area contributed by atoms with Crippen LogP contribution in [0.5, 0.6) is 5.75 Å². The number of ether oxygens (including phenoxy) is 1. The summed E-state index contributed by atoms with van der Waals surface area (Å²) < 4.78 is 5.28. The van der Waals surface area contributed by atoms with E-state index in [0.29, 0.717) is 12.2 Å². The number of hydrogen-bond donors (Lipinski definition) is 1. The first-order valence-corrected chi connectivity index (χ1v) is 8.31. The Morgan fingerprint density at radius 3 is 2.52 bits per heavy atom. The Bertz CT molecular complexity index is 868. The Morgan fingerprint density at radius 2 is 1.80 bits per heavy atom. The van der Waals surface area contributed by atoms with Gasteiger partial charge in [-0.2, -0.15) is 0 Å². The van der Waals surface area contributed by atoms with Crippen LogP contribution in [-0.2, 0) is 6.42 Å². The lowest BCUT2D eigenvalue weighted by atomic mass is 10.1. The van der Waals surface area contributed by atoms with Crippen molar-refractivity contribution < 1.29 is 4.74 Å². The van der Waals surface area contributed by atoms with E-state index in [1.165, 1.54) is 0 Å². The summed E-state index contributed by atoms with van der Waals surface area (Å²) >= 11 is 5.23. The van der Waals surface area contributed by atoms with E-state index < -0.39 is 0 Å². The predicted molar refractivity (Wildman–Crippen MR) is 105 cm³/mol. The standard InChI is InChI=1S/C20H19N3OS/c1-24-18-11-5-7-15(14-18)13-16-8-6-12-19(22-16)23(20(21)25)17-9-3-2-4-10-17/h2-12,14H,13H2,1H3,(H2,21,25). The zero-order valence-electron chi connectivity index (χ0n) is 13.9. The van der Waals surface area contributed by atoms with Gasteiger partial charge in [-0.25, -0.2) is 4.98 Å². The van der Waals surface area contributed by atoms with E-state index in [9.17, 15) is 0 Å². The molecule has 0 atom stereocenters. The van der Waals surface area contributed by atoms with Crippen LogP contribution in [0, 0.1) is 0 Å². The molecule has 4 nitrogen and oxygen atoms in total. The second-order valence-electron chi connectivity index (χ2n) is 5.52. The first-order chi connectivity index (χ1) is 12.2. The van der Waals surface area contributed by atoms with Crippen molar-refractivity contribution in [1.82, 2.24) is 4.98 Å². The van der Waals surface area contributed by atoms with Gasteiger partial charge < -0.3 is 10.5 Å². The third-order valence-corrected chi connectivity index (χ3v) is 3.96. The summed E-state index contributed by atoms with van der Waals surface area (Å²) in [5, 5.41) is 0.261. The summed E-state index contributed by atoms with van der Waals surface area (Å²) in [5.74, 6) is 1.54. The molecule has 0 aliphatic carbocycles. The molecule has 0 saturated heterocycles. The second kappa shape index (κ2) is 7.77. The monoisotopic (exact) mass is 349 g/mol. The van der Waals surface area contributed by atoms with Crippen LogP contribution in [0.3, 0.4) is 0 Å². The van der Waals surface area contributed by atoms with Gasteiger partial charge in [-0.15, -0.1) is 0 Å². The minimum Gasteiger partial charge on any atom is -0.497 e. The van der Waals surface area contributed by atoms with Gasteiger partial charge in [0.15, 0.2) is 5.11 Å². The van der Waals surface area contributed by atoms with Gasteiger partial charge in [-0.3, -0.25) is 4.90 Å². The molecule has 1 aromatic heterocycles. The fourth-order valence-corrected chi connectivity index (χ4v) is 2.83. The number of thiocarbonyl (C=S) groups is 1. The van der Waals surface area contributed by atoms with Crippen molar-refractivity contribution in [3.8, 4) is 5.75 Å². The lowest BCUT2D eigenvalue weighted by Gasteiger charge is -2.22. The summed E-state index contributed by atoms with van der Waals surface area (Å²) in [4.78, 5) is 6.51. The van der Waals surface area contributed by atoms with Gasteiger partial charge in [0.1, 0.15) is 11.6 Å². The maximum Gasteiger partial charge on any atom is 0.176 e. The van der Waals surface area contributed by atoms with Crippen molar-refractivity contribution in [3.05, 3.63) is 84.1 Å². The first-order valence-electron chi connectivity index (χ1n) is 7.91. The minimum absolute atomic E-state index is 0.261. The fourth-order valence-electron chi connectivity index (χ4n) is 2.63. The highest BCUT2D eigenvalue weighted by molar-refractivity contribution is 7.80.